The van der Waals surface area contributed by atoms with E-state index in [1.54, 1.807) is 6.92 Å². The van der Waals surface area contributed by atoms with Gasteiger partial charge in [-0.25, -0.2) is 13.6 Å². The Morgan fingerprint density at radius 1 is 1.19 bits per heavy atom. The van der Waals surface area contributed by atoms with E-state index in [1.165, 1.54) is 0 Å². The Balaban J connectivity index is 2.66. The molecule has 1 N–H and O–H groups in total. The molecule has 21 heavy (non-hydrogen) atoms. The molecular formula is C15H19F2NO3. The van der Waals surface area contributed by atoms with Crippen molar-refractivity contribution in [2.45, 2.75) is 39.2 Å². The maximum Gasteiger partial charge on any atom is 0.328 e. The van der Waals surface area contributed by atoms with Crippen LogP contribution in [0.1, 0.15) is 32.3 Å². The zero-order valence-corrected chi connectivity index (χ0v) is 12.1. The number of ether oxygens (including phenoxy) is 1. The van der Waals surface area contributed by atoms with Gasteiger partial charge in [0.2, 0.25) is 5.91 Å². The molecule has 0 aliphatic carbocycles. The first-order valence-corrected chi connectivity index (χ1v) is 6.87. The zero-order valence-electron chi connectivity index (χ0n) is 12.1. The summed E-state index contributed by atoms with van der Waals surface area (Å²) in [6.45, 7) is 3.78. The molecule has 0 aliphatic rings. The fourth-order valence-corrected chi connectivity index (χ4v) is 1.92. The van der Waals surface area contributed by atoms with Gasteiger partial charge in [0, 0.05) is 6.07 Å². The van der Waals surface area contributed by atoms with E-state index in [0.29, 0.717) is 12.8 Å². The summed E-state index contributed by atoms with van der Waals surface area (Å²) in [5, 5.41) is 2.53. The number of rotatable bonds is 7. The third-order valence-electron chi connectivity index (χ3n) is 2.77. The summed E-state index contributed by atoms with van der Waals surface area (Å²) < 4.78 is 31.0. The average molecular weight is 299 g/mol. The fourth-order valence-electron chi connectivity index (χ4n) is 1.92. The lowest BCUT2D eigenvalue weighted by molar-refractivity contribution is -0.147. The van der Waals surface area contributed by atoms with Crippen LogP contribution in [0.3, 0.4) is 0 Å². The lowest BCUT2D eigenvalue weighted by atomic mass is 10.1. The number of carbonyl (C=O) groups is 2. The Morgan fingerprint density at radius 2 is 1.81 bits per heavy atom. The van der Waals surface area contributed by atoms with Gasteiger partial charge in [-0.1, -0.05) is 13.3 Å². The van der Waals surface area contributed by atoms with Gasteiger partial charge in [0.15, 0.2) is 0 Å². The Labute approximate surface area is 122 Å². The molecule has 0 saturated carbocycles. The van der Waals surface area contributed by atoms with E-state index in [4.69, 9.17) is 4.74 Å². The highest BCUT2D eigenvalue weighted by Gasteiger charge is 2.21. The van der Waals surface area contributed by atoms with E-state index in [9.17, 15) is 18.4 Å². The van der Waals surface area contributed by atoms with Gasteiger partial charge in [0.05, 0.1) is 13.0 Å². The molecule has 0 bridgehead atoms. The maximum absolute atomic E-state index is 13.0. The first-order valence-electron chi connectivity index (χ1n) is 6.87. The summed E-state index contributed by atoms with van der Waals surface area (Å²) in [6.07, 6.45) is 0.939. The number of benzene rings is 1. The molecule has 1 atom stereocenters. The molecule has 0 spiro atoms. The molecule has 1 rings (SSSR count). The fraction of sp³-hybridized carbons (Fsp3) is 0.467. The second kappa shape index (κ2) is 8.34. The van der Waals surface area contributed by atoms with Crippen molar-refractivity contribution in [1.82, 2.24) is 5.32 Å². The van der Waals surface area contributed by atoms with Crippen LogP contribution in [0.4, 0.5) is 8.78 Å². The number of nitrogens with one attached hydrogen (secondary N) is 1. The first kappa shape index (κ1) is 17.1. The lowest BCUT2D eigenvalue weighted by Crippen LogP contribution is -2.42. The van der Waals surface area contributed by atoms with Gasteiger partial charge in [-0.3, -0.25) is 4.79 Å². The Morgan fingerprint density at radius 3 is 2.33 bits per heavy atom. The van der Waals surface area contributed by atoms with Crippen molar-refractivity contribution in [3.63, 3.8) is 0 Å². The number of hydrogen-bond donors (Lipinski definition) is 1. The standard InChI is InChI=1S/C15H19F2NO3/c1-3-5-13(15(20)21-4-2)18-14(19)8-10-6-11(16)9-12(17)7-10/h6-7,9,13H,3-5,8H2,1-2H3,(H,18,19). The minimum Gasteiger partial charge on any atom is -0.464 e. The highest BCUT2D eigenvalue weighted by molar-refractivity contribution is 5.85. The van der Waals surface area contributed by atoms with Crippen molar-refractivity contribution >= 4 is 11.9 Å². The molecule has 1 unspecified atom stereocenters. The van der Waals surface area contributed by atoms with Gasteiger partial charge >= 0.3 is 5.97 Å². The van der Waals surface area contributed by atoms with Gasteiger partial charge < -0.3 is 10.1 Å². The van der Waals surface area contributed by atoms with Crippen LogP contribution in [-0.4, -0.2) is 24.5 Å². The largest absolute Gasteiger partial charge is 0.464 e. The molecule has 1 aromatic carbocycles. The van der Waals surface area contributed by atoms with Gasteiger partial charge in [0.1, 0.15) is 17.7 Å². The summed E-state index contributed by atoms with van der Waals surface area (Å²) in [4.78, 5) is 23.5. The van der Waals surface area contributed by atoms with Gasteiger partial charge in [-0.2, -0.15) is 0 Å². The van der Waals surface area contributed by atoms with Crippen LogP contribution >= 0.6 is 0 Å². The molecule has 0 aliphatic heterocycles. The van der Waals surface area contributed by atoms with Crippen molar-refractivity contribution in [1.29, 1.82) is 0 Å². The predicted octanol–water partition coefficient (Wildman–Crippen LogP) is 2.36. The van der Waals surface area contributed by atoms with Crippen LogP contribution < -0.4 is 5.32 Å². The second-order valence-electron chi connectivity index (χ2n) is 4.62. The van der Waals surface area contributed by atoms with E-state index >= 15 is 0 Å². The minimum atomic E-state index is -0.742. The molecule has 0 aromatic heterocycles. The number of esters is 1. The zero-order chi connectivity index (χ0) is 15.8. The first-order chi connectivity index (χ1) is 9.96. The van der Waals surface area contributed by atoms with E-state index in [0.717, 1.165) is 18.2 Å². The van der Waals surface area contributed by atoms with Crippen molar-refractivity contribution in [2.24, 2.45) is 0 Å². The van der Waals surface area contributed by atoms with Crippen molar-refractivity contribution in [3.05, 3.63) is 35.4 Å². The third kappa shape index (κ3) is 5.89. The van der Waals surface area contributed by atoms with Crippen molar-refractivity contribution < 1.29 is 23.1 Å². The van der Waals surface area contributed by atoms with E-state index in [-0.39, 0.29) is 18.6 Å². The Kier molecular flexibility index (Phi) is 6.78. The van der Waals surface area contributed by atoms with Crippen LogP contribution in [0.2, 0.25) is 0 Å². The van der Waals surface area contributed by atoms with Crippen LogP contribution in [-0.2, 0) is 20.7 Å². The summed E-state index contributed by atoms with van der Waals surface area (Å²) in [5.74, 6) is -2.47. The number of hydrogen-bond acceptors (Lipinski definition) is 3. The molecular weight excluding hydrogens is 280 g/mol. The summed E-state index contributed by atoms with van der Waals surface area (Å²) >= 11 is 0. The van der Waals surface area contributed by atoms with Crippen LogP contribution in [0.25, 0.3) is 0 Å². The monoisotopic (exact) mass is 299 g/mol. The van der Waals surface area contributed by atoms with E-state index < -0.39 is 29.6 Å². The molecule has 116 valence electrons. The van der Waals surface area contributed by atoms with E-state index in [2.05, 4.69) is 5.32 Å². The predicted molar refractivity (Wildman–Crippen MR) is 73.5 cm³/mol. The second-order valence-corrected chi connectivity index (χ2v) is 4.62. The summed E-state index contributed by atoms with van der Waals surface area (Å²) in [7, 11) is 0. The lowest BCUT2D eigenvalue weighted by Gasteiger charge is -2.16. The maximum atomic E-state index is 13.0. The molecule has 1 aromatic rings. The van der Waals surface area contributed by atoms with Crippen molar-refractivity contribution in [2.75, 3.05) is 6.61 Å². The van der Waals surface area contributed by atoms with Gasteiger partial charge in [0.25, 0.3) is 0 Å². The highest BCUT2D eigenvalue weighted by Crippen LogP contribution is 2.09. The van der Waals surface area contributed by atoms with Crippen LogP contribution in [0.5, 0.6) is 0 Å². The van der Waals surface area contributed by atoms with Crippen LogP contribution in [0.15, 0.2) is 18.2 Å². The molecule has 0 radical (unpaired) electrons. The van der Waals surface area contributed by atoms with Crippen molar-refractivity contribution in [3.8, 4) is 0 Å². The number of halogens is 2. The van der Waals surface area contributed by atoms with Gasteiger partial charge in [-0.05, 0) is 31.0 Å². The average Bonchev–Trinajstić information content (AvgIpc) is 2.37. The van der Waals surface area contributed by atoms with Crippen LogP contribution in [0, 0.1) is 11.6 Å². The molecule has 6 heteroatoms. The number of carbonyl (C=O) groups excluding carboxylic acids is 2. The smallest absolute Gasteiger partial charge is 0.328 e. The molecule has 1 amide bonds. The molecule has 0 fully saturated rings. The summed E-state index contributed by atoms with van der Waals surface area (Å²) in [5.41, 5.74) is 0.212. The van der Waals surface area contributed by atoms with E-state index in [1.807, 2.05) is 6.92 Å². The Hall–Kier alpha value is -1.98. The Bertz CT molecular complexity index is 485. The highest BCUT2D eigenvalue weighted by atomic mass is 19.1. The molecule has 4 nitrogen and oxygen atoms in total. The quantitative estimate of drug-likeness (QED) is 0.786. The topological polar surface area (TPSA) is 55.4 Å². The third-order valence-corrected chi connectivity index (χ3v) is 2.77. The normalized spacial score (nSPS) is 11.8. The SMILES string of the molecule is CCCC(NC(=O)Cc1cc(F)cc(F)c1)C(=O)OCC. The number of amides is 1. The molecule has 0 saturated heterocycles. The minimum absolute atomic E-state index is 0.200. The summed E-state index contributed by atoms with van der Waals surface area (Å²) in [6, 6.07) is 2.17. The molecule has 0 heterocycles. The van der Waals surface area contributed by atoms with Gasteiger partial charge in [-0.15, -0.1) is 0 Å².